The van der Waals surface area contributed by atoms with Gasteiger partial charge in [-0.3, -0.25) is 0 Å². The van der Waals surface area contributed by atoms with Crippen molar-refractivity contribution in [2.24, 2.45) is 0 Å². The van der Waals surface area contributed by atoms with E-state index in [4.69, 9.17) is 12.2 Å². The quantitative estimate of drug-likeness (QED) is 0.595. The van der Waals surface area contributed by atoms with Gasteiger partial charge in [-0.05, 0) is 42.8 Å². The molecule has 0 aliphatic heterocycles. The minimum Gasteiger partial charge on any atom is -0.359 e. The summed E-state index contributed by atoms with van der Waals surface area (Å²) in [5.41, 5.74) is 2.40. The van der Waals surface area contributed by atoms with Crippen LogP contribution in [0, 0.1) is 0 Å². The van der Waals surface area contributed by atoms with E-state index in [1.54, 1.807) is 6.08 Å². The van der Waals surface area contributed by atoms with E-state index in [1.807, 2.05) is 0 Å². The minimum absolute atomic E-state index is 0.631. The molecule has 0 saturated carbocycles. The molecule has 0 fully saturated rings. The van der Waals surface area contributed by atoms with Crippen LogP contribution in [0.1, 0.15) is 25.3 Å². The van der Waals surface area contributed by atoms with E-state index in [-0.39, 0.29) is 0 Å². The van der Waals surface area contributed by atoms with Gasteiger partial charge in [0.15, 0.2) is 5.11 Å². The lowest BCUT2D eigenvalue weighted by atomic mass is 10.1. The van der Waals surface area contributed by atoms with Gasteiger partial charge in [0.2, 0.25) is 0 Å². The molecule has 1 aromatic rings. The van der Waals surface area contributed by atoms with Crippen molar-refractivity contribution >= 4 is 23.0 Å². The van der Waals surface area contributed by atoms with Crippen LogP contribution in [-0.2, 0) is 6.42 Å². The summed E-state index contributed by atoms with van der Waals surface area (Å²) < 4.78 is 0. The van der Waals surface area contributed by atoms with Crippen LogP contribution in [0.15, 0.2) is 36.9 Å². The fraction of sp³-hybridized carbons (Fsp3) is 0.357. The van der Waals surface area contributed by atoms with E-state index in [1.165, 1.54) is 18.4 Å². The molecular formula is C14H20N2S. The molecule has 2 nitrogen and oxygen atoms in total. The van der Waals surface area contributed by atoms with Gasteiger partial charge in [-0.2, -0.15) is 0 Å². The molecule has 3 heteroatoms. The number of anilines is 1. The van der Waals surface area contributed by atoms with Crippen molar-refractivity contribution in [2.45, 2.75) is 26.2 Å². The van der Waals surface area contributed by atoms with Crippen LogP contribution >= 0.6 is 12.2 Å². The number of hydrogen-bond donors (Lipinski definition) is 2. The fourth-order valence-electron chi connectivity index (χ4n) is 1.48. The Morgan fingerprint density at radius 1 is 1.35 bits per heavy atom. The van der Waals surface area contributed by atoms with Gasteiger partial charge in [0.05, 0.1) is 0 Å². The Labute approximate surface area is 109 Å². The van der Waals surface area contributed by atoms with Crippen LogP contribution in [-0.4, -0.2) is 11.7 Å². The van der Waals surface area contributed by atoms with Crippen molar-refractivity contribution in [2.75, 3.05) is 11.9 Å². The molecule has 0 heterocycles. The van der Waals surface area contributed by atoms with Gasteiger partial charge in [0, 0.05) is 12.2 Å². The third kappa shape index (κ3) is 5.50. The Morgan fingerprint density at radius 2 is 2.06 bits per heavy atom. The minimum atomic E-state index is 0.631. The average Bonchev–Trinajstić information content (AvgIpc) is 2.35. The molecule has 0 unspecified atom stereocenters. The maximum atomic E-state index is 5.13. The summed E-state index contributed by atoms with van der Waals surface area (Å²) in [6, 6.07) is 8.42. The van der Waals surface area contributed by atoms with Crippen LogP contribution in [0.4, 0.5) is 5.69 Å². The van der Waals surface area contributed by atoms with Gasteiger partial charge in [-0.15, -0.1) is 6.58 Å². The highest BCUT2D eigenvalue weighted by molar-refractivity contribution is 7.80. The first-order chi connectivity index (χ1) is 8.26. The van der Waals surface area contributed by atoms with E-state index in [9.17, 15) is 0 Å². The van der Waals surface area contributed by atoms with Gasteiger partial charge in [-0.25, -0.2) is 0 Å². The monoisotopic (exact) mass is 248 g/mol. The molecule has 1 aromatic carbocycles. The van der Waals surface area contributed by atoms with Crippen molar-refractivity contribution < 1.29 is 0 Å². The number of nitrogens with one attached hydrogen (secondary N) is 2. The van der Waals surface area contributed by atoms with Crippen LogP contribution in [0.5, 0.6) is 0 Å². The number of hydrogen-bond acceptors (Lipinski definition) is 1. The van der Waals surface area contributed by atoms with Crippen molar-refractivity contribution in [3.05, 3.63) is 42.5 Å². The second-order valence-electron chi connectivity index (χ2n) is 3.92. The first kappa shape index (κ1) is 13.7. The third-order valence-electron chi connectivity index (χ3n) is 2.44. The smallest absolute Gasteiger partial charge is 0.171 e. The van der Waals surface area contributed by atoms with Gasteiger partial charge in [-0.1, -0.05) is 31.6 Å². The molecule has 2 N–H and O–H groups in total. The predicted molar refractivity (Wildman–Crippen MR) is 79.5 cm³/mol. The molecule has 17 heavy (non-hydrogen) atoms. The van der Waals surface area contributed by atoms with Gasteiger partial charge >= 0.3 is 0 Å². The second-order valence-corrected chi connectivity index (χ2v) is 4.33. The van der Waals surface area contributed by atoms with Crippen LogP contribution in [0.2, 0.25) is 0 Å². The van der Waals surface area contributed by atoms with E-state index < -0.39 is 0 Å². The molecule has 92 valence electrons. The van der Waals surface area contributed by atoms with Crippen molar-refractivity contribution in [3.8, 4) is 0 Å². The molecule has 0 spiro atoms. The Kier molecular flexibility index (Phi) is 6.33. The van der Waals surface area contributed by atoms with Crippen LogP contribution in [0.3, 0.4) is 0 Å². The largest absolute Gasteiger partial charge is 0.359 e. The first-order valence-electron chi connectivity index (χ1n) is 6.01. The molecule has 0 aromatic heterocycles. The zero-order valence-electron chi connectivity index (χ0n) is 10.3. The fourth-order valence-corrected chi connectivity index (χ4v) is 1.68. The average molecular weight is 248 g/mol. The van der Waals surface area contributed by atoms with E-state index in [2.05, 4.69) is 48.4 Å². The summed E-state index contributed by atoms with van der Waals surface area (Å²) in [4.78, 5) is 0. The molecule has 0 aliphatic rings. The number of rotatable bonds is 6. The molecule has 0 bridgehead atoms. The van der Waals surface area contributed by atoms with Gasteiger partial charge in [0.1, 0.15) is 0 Å². The molecule has 1 rings (SSSR count). The maximum Gasteiger partial charge on any atom is 0.171 e. The topological polar surface area (TPSA) is 24.1 Å². The normalized spacial score (nSPS) is 9.71. The lowest BCUT2D eigenvalue weighted by molar-refractivity contribution is 0.795. The molecule has 0 radical (unpaired) electrons. The first-order valence-corrected chi connectivity index (χ1v) is 6.41. The third-order valence-corrected chi connectivity index (χ3v) is 2.68. The lowest BCUT2D eigenvalue weighted by Crippen LogP contribution is -2.28. The Bertz CT molecular complexity index is 357. The van der Waals surface area contributed by atoms with Crippen molar-refractivity contribution in [3.63, 3.8) is 0 Å². The highest BCUT2D eigenvalue weighted by Gasteiger charge is 1.97. The SMILES string of the molecule is C=CCNC(=S)Nc1ccc(CCCC)cc1. The van der Waals surface area contributed by atoms with E-state index >= 15 is 0 Å². The van der Waals surface area contributed by atoms with Gasteiger partial charge < -0.3 is 10.6 Å². The van der Waals surface area contributed by atoms with Gasteiger partial charge in [0.25, 0.3) is 0 Å². The summed E-state index contributed by atoms with van der Waals surface area (Å²) in [5.74, 6) is 0. The highest BCUT2D eigenvalue weighted by atomic mass is 32.1. The summed E-state index contributed by atoms with van der Waals surface area (Å²) in [6.07, 6.45) is 5.40. The molecule has 0 amide bonds. The zero-order chi connectivity index (χ0) is 12.5. The van der Waals surface area contributed by atoms with Crippen LogP contribution in [0.25, 0.3) is 0 Å². The number of benzene rings is 1. The van der Waals surface area contributed by atoms with Crippen LogP contribution < -0.4 is 10.6 Å². The highest BCUT2D eigenvalue weighted by Crippen LogP contribution is 2.11. The standard InChI is InChI=1S/C14H20N2S/c1-3-5-6-12-7-9-13(10-8-12)16-14(17)15-11-4-2/h4,7-10H,2-3,5-6,11H2,1H3,(H2,15,16,17). The van der Waals surface area contributed by atoms with E-state index in [0.29, 0.717) is 11.7 Å². The lowest BCUT2D eigenvalue weighted by Gasteiger charge is -2.09. The Morgan fingerprint density at radius 3 is 2.65 bits per heavy atom. The summed E-state index contributed by atoms with van der Waals surface area (Å²) in [7, 11) is 0. The molecular weight excluding hydrogens is 228 g/mol. The zero-order valence-corrected chi connectivity index (χ0v) is 11.1. The number of unbranched alkanes of at least 4 members (excludes halogenated alkanes) is 1. The van der Waals surface area contributed by atoms with Crippen molar-refractivity contribution in [1.82, 2.24) is 5.32 Å². The second kappa shape index (κ2) is 7.85. The maximum absolute atomic E-state index is 5.13. The van der Waals surface area contributed by atoms with E-state index in [0.717, 1.165) is 12.1 Å². The molecule has 0 saturated heterocycles. The Hall–Kier alpha value is -1.35. The summed E-state index contributed by atoms with van der Waals surface area (Å²) >= 11 is 5.13. The Balaban J connectivity index is 2.44. The molecule has 0 aliphatic carbocycles. The summed E-state index contributed by atoms with van der Waals surface area (Å²) in [6.45, 7) is 6.52. The van der Waals surface area contributed by atoms with Crippen molar-refractivity contribution in [1.29, 1.82) is 0 Å². The summed E-state index contributed by atoms with van der Waals surface area (Å²) in [5, 5.41) is 6.80. The number of thiocarbonyl (C=S) groups is 1. The predicted octanol–water partition coefficient (Wildman–Crippen LogP) is 3.50. The number of aryl methyl sites for hydroxylation is 1. The molecule has 0 atom stereocenters.